The van der Waals surface area contributed by atoms with E-state index in [0.717, 1.165) is 24.8 Å². The van der Waals surface area contributed by atoms with Gasteiger partial charge >= 0.3 is 0 Å². The second kappa shape index (κ2) is 7.12. The molecule has 132 valence electrons. The van der Waals surface area contributed by atoms with Crippen molar-refractivity contribution in [3.63, 3.8) is 0 Å². The number of aryl methyl sites for hydroxylation is 1. The van der Waals surface area contributed by atoms with Gasteiger partial charge in [-0.25, -0.2) is 0 Å². The van der Waals surface area contributed by atoms with E-state index in [1.807, 2.05) is 59.5 Å². The van der Waals surface area contributed by atoms with Crippen LogP contribution < -0.4 is 0 Å². The molecule has 1 atom stereocenters. The maximum Gasteiger partial charge on any atom is 0.254 e. The van der Waals surface area contributed by atoms with Crippen LogP contribution in [0.25, 0.3) is 11.4 Å². The molecule has 26 heavy (non-hydrogen) atoms. The lowest BCUT2D eigenvalue weighted by Crippen LogP contribution is -2.30. The molecule has 0 saturated carbocycles. The predicted octanol–water partition coefficient (Wildman–Crippen LogP) is 4.28. The Balaban J connectivity index is 1.56. The summed E-state index contributed by atoms with van der Waals surface area (Å²) in [6, 6.07) is 17.4. The van der Waals surface area contributed by atoms with Crippen LogP contribution in [0.3, 0.4) is 0 Å². The van der Waals surface area contributed by atoms with E-state index in [2.05, 4.69) is 17.1 Å². The summed E-state index contributed by atoms with van der Waals surface area (Å²) in [5.41, 5.74) is 2.84. The fourth-order valence-corrected chi connectivity index (χ4v) is 3.39. The lowest BCUT2D eigenvalue weighted by atomic mass is 10.1. The van der Waals surface area contributed by atoms with E-state index in [4.69, 9.17) is 4.52 Å². The molecule has 2 heterocycles. The van der Waals surface area contributed by atoms with Gasteiger partial charge in [0.1, 0.15) is 6.04 Å². The number of hydrogen-bond acceptors (Lipinski definition) is 4. The molecular formula is C21H21N3O2. The SMILES string of the molecule is CCc1ccc(C(=O)N2CCC[C@H]2c2nc(-c3ccccc3)no2)cc1. The van der Waals surface area contributed by atoms with E-state index < -0.39 is 0 Å². The van der Waals surface area contributed by atoms with Crippen molar-refractivity contribution in [3.8, 4) is 11.4 Å². The normalized spacial score (nSPS) is 16.8. The van der Waals surface area contributed by atoms with Gasteiger partial charge in [-0.15, -0.1) is 0 Å². The first-order valence-electron chi connectivity index (χ1n) is 9.05. The Bertz CT molecular complexity index is 887. The average Bonchev–Trinajstić information content (AvgIpc) is 3.37. The molecule has 1 aliphatic rings. The van der Waals surface area contributed by atoms with Crippen LogP contribution in [-0.2, 0) is 6.42 Å². The summed E-state index contributed by atoms with van der Waals surface area (Å²) in [6.07, 6.45) is 2.74. The number of amides is 1. The van der Waals surface area contributed by atoms with Crippen molar-refractivity contribution in [2.75, 3.05) is 6.54 Å². The summed E-state index contributed by atoms with van der Waals surface area (Å²) in [7, 11) is 0. The van der Waals surface area contributed by atoms with Crippen molar-refractivity contribution in [2.24, 2.45) is 0 Å². The summed E-state index contributed by atoms with van der Waals surface area (Å²) in [5, 5.41) is 4.10. The van der Waals surface area contributed by atoms with Gasteiger partial charge in [0.25, 0.3) is 5.91 Å². The zero-order valence-electron chi connectivity index (χ0n) is 14.8. The molecule has 1 amide bonds. The van der Waals surface area contributed by atoms with Crippen molar-refractivity contribution in [3.05, 3.63) is 71.6 Å². The lowest BCUT2D eigenvalue weighted by molar-refractivity contribution is 0.0710. The largest absolute Gasteiger partial charge is 0.337 e. The van der Waals surface area contributed by atoms with E-state index in [1.54, 1.807) is 0 Å². The summed E-state index contributed by atoms with van der Waals surface area (Å²) >= 11 is 0. The van der Waals surface area contributed by atoms with E-state index >= 15 is 0 Å². The van der Waals surface area contributed by atoms with Crippen LogP contribution in [0.15, 0.2) is 59.1 Å². The average molecular weight is 347 g/mol. The summed E-state index contributed by atoms with van der Waals surface area (Å²) in [6.45, 7) is 2.81. The van der Waals surface area contributed by atoms with Gasteiger partial charge in [-0.3, -0.25) is 4.79 Å². The minimum Gasteiger partial charge on any atom is -0.337 e. The number of carbonyl (C=O) groups excluding carboxylic acids is 1. The summed E-state index contributed by atoms with van der Waals surface area (Å²) in [5.74, 6) is 1.10. The molecule has 3 aromatic rings. The van der Waals surface area contributed by atoms with Gasteiger partial charge in [-0.1, -0.05) is 54.5 Å². The van der Waals surface area contributed by atoms with Crippen molar-refractivity contribution >= 4 is 5.91 Å². The Morgan fingerprint density at radius 2 is 1.92 bits per heavy atom. The Morgan fingerprint density at radius 1 is 1.15 bits per heavy atom. The summed E-state index contributed by atoms with van der Waals surface area (Å²) in [4.78, 5) is 19.3. The molecule has 5 heteroatoms. The first-order chi connectivity index (χ1) is 12.8. The lowest BCUT2D eigenvalue weighted by Gasteiger charge is -2.22. The van der Waals surface area contributed by atoms with Crippen molar-refractivity contribution in [1.29, 1.82) is 0 Å². The van der Waals surface area contributed by atoms with Crippen LogP contribution in [0.1, 0.15) is 47.6 Å². The highest BCUT2D eigenvalue weighted by Crippen LogP contribution is 2.33. The third-order valence-electron chi connectivity index (χ3n) is 4.88. The molecule has 1 aliphatic heterocycles. The van der Waals surface area contributed by atoms with Crippen LogP contribution in [-0.4, -0.2) is 27.5 Å². The van der Waals surface area contributed by atoms with Crippen molar-refractivity contribution in [2.45, 2.75) is 32.2 Å². The van der Waals surface area contributed by atoms with Gasteiger partial charge in [-0.2, -0.15) is 4.98 Å². The molecule has 1 aromatic heterocycles. The fourth-order valence-electron chi connectivity index (χ4n) is 3.39. The second-order valence-electron chi connectivity index (χ2n) is 6.53. The van der Waals surface area contributed by atoms with Crippen LogP contribution in [0, 0.1) is 0 Å². The number of likely N-dealkylation sites (tertiary alicyclic amines) is 1. The van der Waals surface area contributed by atoms with Crippen LogP contribution >= 0.6 is 0 Å². The molecule has 0 spiro atoms. The first kappa shape index (κ1) is 16.5. The number of rotatable bonds is 4. The van der Waals surface area contributed by atoms with Gasteiger partial charge in [0.15, 0.2) is 0 Å². The maximum atomic E-state index is 12.9. The molecule has 2 aromatic carbocycles. The molecule has 0 unspecified atom stereocenters. The van der Waals surface area contributed by atoms with Crippen molar-refractivity contribution in [1.82, 2.24) is 15.0 Å². The van der Waals surface area contributed by atoms with E-state index in [9.17, 15) is 4.79 Å². The highest BCUT2D eigenvalue weighted by atomic mass is 16.5. The standard InChI is InChI=1S/C21H21N3O2/c1-2-15-10-12-17(13-11-15)21(25)24-14-6-9-18(24)20-22-19(23-26-20)16-7-4-3-5-8-16/h3-5,7-8,10-13,18H,2,6,9,14H2,1H3/t18-/m0/s1. The Kier molecular flexibility index (Phi) is 4.52. The quantitative estimate of drug-likeness (QED) is 0.707. The van der Waals surface area contributed by atoms with Gasteiger partial charge in [0, 0.05) is 17.7 Å². The molecule has 0 bridgehead atoms. The van der Waals surface area contributed by atoms with Crippen LogP contribution in [0.2, 0.25) is 0 Å². The first-order valence-corrected chi connectivity index (χ1v) is 9.05. The molecule has 0 N–H and O–H groups in total. The smallest absolute Gasteiger partial charge is 0.254 e. The molecule has 1 saturated heterocycles. The Labute approximate surface area is 152 Å². The monoisotopic (exact) mass is 347 g/mol. The van der Waals surface area contributed by atoms with E-state index in [0.29, 0.717) is 23.8 Å². The molecule has 4 rings (SSSR count). The number of nitrogens with zero attached hydrogens (tertiary/aromatic N) is 3. The Hall–Kier alpha value is -2.95. The van der Waals surface area contributed by atoms with Gasteiger partial charge in [0.2, 0.25) is 11.7 Å². The minimum absolute atomic E-state index is 0.0228. The van der Waals surface area contributed by atoms with Gasteiger partial charge in [0.05, 0.1) is 0 Å². The highest BCUT2D eigenvalue weighted by molar-refractivity contribution is 5.94. The number of hydrogen-bond donors (Lipinski definition) is 0. The Morgan fingerprint density at radius 3 is 2.65 bits per heavy atom. The number of aromatic nitrogens is 2. The van der Waals surface area contributed by atoms with Crippen LogP contribution in [0.5, 0.6) is 0 Å². The van der Waals surface area contributed by atoms with Crippen LogP contribution in [0.4, 0.5) is 0 Å². The van der Waals surface area contributed by atoms with E-state index in [-0.39, 0.29) is 11.9 Å². The zero-order chi connectivity index (χ0) is 17.9. The third-order valence-corrected chi connectivity index (χ3v) is 4.88. The molecule has 1 fully saturated rings. The van der Waals surface area contributed by atoms with Gasteiger partial charge < -0.3 is 9.42 Å². The number of carbonyl (C=O) groups is 1. The molecule has 0 radical (unpaired) electrons. The molecule has 5 nitrogen and oxygen atoms in total. The third kappa shape index (κ3) is 3.12. The zero-order valence-corrected chi connectivity index (χ0v) is 14.8. The number of benzene rings is 2. The summed E-state index contributed by atoms with van der Waals surface area (Å²) < 4.78 is 5.50. The second-order valence-corrected chi connectivity index (χ2v) is 6.53. The minimum atomic E-state index is -0.154. The van der Waals surface area contributed by atoms with E-state index in [1.165, 1.54) is 5.56 Å². The maximum absolute atomic E-state index is 12.9. The fraction of sp³-hybridized carbons (Fsp3) is 0.286. The topological polar surface area (TPSA) is 59.2 Å². The predicted molar refractivity (Wildman–Crippen MR) is 98.6 cm³/mol. The highest BCUT2D eigenvalue weighted by Gasteiger charge is 2.34. The van der Waals surface area contributed by atoms with Gasteiger partial charge in [-0.05, 0) is 37.0 Å². The molecule has 0 aliphatic carbocycles. The van der Waals surface area contributed by atoms with Crippen molar-refractivity contribution < 1.29 is 9.32 Å². The molecular weight excluding hydrogens is 326 g/mol.